The Balaban J connectivity index is 1.75. The first-order valence-electron chi connectivity index (χ1n) is 5.65. The maximum atomic E-state index is 11.7. The largest absolute Gasteiger partial charge is 0.301 e. The predicted molar refractivity (Wildman–Crippen MR) is 75.4 cm³/mol. The highest BCUT2D eigenvalue weighted by Crippen LogP contribution is 2.17. The van der Waals surface area contributed by atoms with Crippen LogP contribution in [-0.2, 0) is 4.79 Å². The number of aromatic nitrogens is 4. The van der Waals surface area contributed by atoms with E-state index in [9.17, 15) is 4.79 Å². The first-order chi connectivity index (χ1) is 9.13. The minimum absolute atomic E-state index is 0.0607. The molecular formula is C11H13N5OS2. The van der Waals surface area contributed by atoms with Crippen LogP contribution in [0.1, 0.15) is 17.1 Å². The molecule has 0 saturated heterocycles. The summed E-state index contributed by atoms with van der Waals surface area (Å²) in [6.07, 6.45) is 1.94. The van der Waals surface area contributed by atoms with Gasteiger partial charge in [0.1, 0.15) is 11.3 Å². The molecule has 0 saturated carbocycles. The first-order valence-corrected chi connectivity index (χ1v) is 7.45. The molecular weight excluding hydrogens is 282 g/mol. The van der Waals surface area contributed by atoms with E-state index in [1.807, 2.05) is 19.9 Å². The van der Waals surface area contributed by atoms with Gasteiger partial charge in [-0.2, -0.15) is 0 Å². The zero-order valence-corrected chi connectivity index (χ0v) is 12.2. The molecule has 100 valence electrons. The monoisotopic (exact) mass is 295 g/mol. The molecule has 19 heavy (non-hydrogen) atoms. The van der Waals surface area contributed by atoms with Crippen LogP contribution in [0.25, 0.3) is 0 Å². The van der Waals surface area contributed by atoms with Gasteiger partial charge >= 0.3 is 0 Å². The smallest absolute Gasteiger partial charge is 0.227 e. The summed E-state index contributed by atoms with van der Waals surface area (Å²) in [6, 6.07) is 1.90. The quantitative estimate of drug-likeness (QED) is 0.672. The Morgan fingerprint density at radius 2 is 2.21 bits per heavy atom. The zero-order chi connectivity index (χ0) is 13.7. The van der Waals surface area contributed by atoms with Crippen molar-refractivity contribution in [1.29, 1.82) is 0 Å². The standard InChI is InChI=1S/C11H13N5OS2/c1-7-5-10(13-6-12-7)18-4-3-9(17)14-11-16-15-8(2)19-11/h5-6H,3-4H2,1-2H3,(H,14,16,17). The topological polar surface area (TPSA) is 80.7 Å². The second-order valence-corrected chi connectivity index (χ2v) is 6.07. The third kappa shape index (κ3) is 4.56. The molecule has 2 aromatic rings. The van der Waals surface area contributed by atoms with Crippen molar-refractivity contribution in [2.45, 2.75) is 25.3 Å². The normalized spacial score (nSPS) is 10.4. The lowest BCUT2D eigenvalue weighted by atomic mass is 10.4. The Kier molecular flexibility index (Phi) is 4.80. The number of nitrogens with zero attached hydrogens (tertiary/aromatic N) is 4. The van der Waals surface area contributed by atoms with Crippen molar-refractivity contribution in [3.8, 4) is 0 Å². The molecule has 2 heterocycles. The lowest BCUT2D eigenvalue weighted by Gasteiger charge is -2.01. The first kappa shape index (κ1) is 13.9. The number of nitrogens with one attached hydrogen (secondary N) is 1. The lowest BCUT2D eigenvalue weighted by Crippen LogP contribution is -2.12. The van der Waals surface area contributed by atoms with E-state index >= 15 is 0 Å². The average molecular weight is 295 g/mol. The van der Waals surface area contributed by atoms with Gasteiger partial charge in [0.05, 0.1) is 5.03 Å². The summed E-state index contributed by atoms with van der Waals surface area (Å²) >= 11 is 2.90. The lowest BCUT2D eigenvalue weighted by molar-refractivity contribution is -0.115. The molecule has 1 amide bonds. The van der Waals surface area contributed by atoms with Gasteiger partial charge in [-0.25, -0.2) is 9.97 Å². The summed E-state index contributed by atoms with van der Waals surface area (Å²) in [6.45, 7) is 3.76. The third-order valence-corrected chi connectivity index (χ3v) is 3.81. The van der Waals surface area contributed by atoms with Crippen molar-refractivity contribution in [3.05, 3.63) is 23.1 Å². The average Bonchev–Trinajstić information content (AvgIpc) is 2.75. The van der Waals surface area contributed by atoms with Crippen LogP contribution in [0.4, 0.5) is 5.13 Å². The molecule has 0 aliphatic heterocycles. The summed E-state index contributed by atoms with van der Waals surface area (Å²) in [5.74, 6) is 0.606. The second kappa shape index (κ2) is 6.58. The van der Waals surface area contributed by atoms with Crippen molar-refractivity contribution < 1.29 is 4.79 Å². The van der Waals surface area contributed by atoms with Gasteiger partial charge in [0.25, 0.3) is 0 Å². The molecule has 8 heteroatoms. The van der Waals surface area contributed by atoms with Gasteiger partial charge in [-0.05, 0) is 19.9 Å². The zero-order valence-electron chi connectivity index (χ0n) is 10.6. The minimum Gasteiger partial charge on any atom is -0.301 e. The van der Waals surface area contributed by atoms with E-state index in [0.29, 0.717) is 17.3 Å². The number of anilines is 1. The van der Waals surface area contributed by atoms with Gasteiger partial charge in [0.2, 0.25) is 11.0 Å². The Morgan fingerprint density at radius 1 is 1.37 bits per heavy atom. The van der Waals surface area contributed by atoms with Crippen LogP contribution in [-0.4, -0.2) is 31.8 Å². The Hall–Kier alpha value is -1.54. The number of carbonyl (C=O) groups is 1. The fraction of sp³-hybridized carbons (Fsp3) is 0.364. The van der Waals surface area contributed by atoms with Gasteiger partial charge in [-0.1, -0.05) is 11.3 Å². The number of carbonyl (C=O) groups excluding carboxylic acids is 1. The number of rotatable bonds is 5. The van der Waals surface area contributed by atoms with Gasteiger partial charge in [-0.3, -0.25) is 4.79 Å². The Morgan fingerprint density at radius 3 is 2.89 bits per heavy atom. The van der Waals surface area contributed by atoms with Gasteiger partial charge in [0, 0.05) is 17.9 Å². The fourth-order valence-electron chi connectivity index (χ4n) is 1.29. The molecule has 0 atom stereocenters. The van der Waals surface area contributed by atoms with Crippen molar-refractivity contribution in [2.75, 3.05) is 11.1 Å². The van der Waals surface area contributed by atoms with Crippen molar-refractivity contribution in [2.24, 2.45) is 0 Å². The molecule has 0 aliphatic rings. The summed E-state index contributed by atoms with van der Waals surface area (Å²) in [4.78, 5) is 19.8. The minimum atomic E-state index is -0.0607. The molecule has 1 N–H and O–H groups in total. The number of amides is 1. The highest BCUT2D eigenvalue weighted by Gasteiger charge is 2.06. The molecule has 2 aromatic heterocycles. The Labute approximate surface area is 119 Å². The molecule has 0 fully saturated rings. The highest BCUT2D eigenvalue weighted by molar-refractivity contribution is 7.99. The van der Waals surface area contributed by atoms with Gasteiger partial charge in [0.15, 0.2) is 0 Å². The maximum absolute atomic E-state index is 11.7. The summed E-state index contributed by atoms with van der Waals surface area (Å²) in [7, 11) is 0. The molecule has 0 aromatic carbocycles. The van der Waals surface area contributed by atoms with E-state index in [1.54, 1.807) is 0 Å². The molecule has 6 nitrogen and oxygen atoms in total. The molecule has 0 aliphatic carbocycles. The summed E-state index contributed by atoms with van der Waals surface area (Å²) < 4.78 is 0. The van der Waals surface area contributed by atoms with E-state index < -0.39 is 0 Å². The fourth-order valence-corrected chi connectivity index (χ4v) is 2.77. The number of aryl methyl sites for hydroxylation is 2. The van der Waals surface area contributed by atoms with Gasteiger partial charge in [-0.15, -0.1) is 22.0 Å². The van der Waals surface area contributed by atoms with Crippen LogP contribution in [0.5, 0.6) is 0 Å². The van der Waals surface area contributed by atoms with E-state index in [2.05, 4.69) is 25.5 Å². The third-order valence-electron chi connectivity index (χ3n) is 2.13. The van der Waals surface area contributed by atoms with Crippen molar-refractivity contribution in [3.63, 3.8) is 0 Å². The van der Waals surface area contributed by atoms with E-state index in [1.165, 1.54) is 29.4 Å². The van der Waals surface area contributed by atoms with Crippen LogP contribution in [0.2, 0.25) is 0 Å². The number of hydrogen-bond donors (Lipinski definition) is 1. The maximum Gasteiger partial charge on any atom is 0.227 e. The molecule has 0 radical (unpaired) electrons. The van der Waals surface area contributed by atoms with Crippen LogP contribution < -0.4 is 5.32 Å². The van der Waals surface area contributed by atoms with Gasteiger partial charge < -0.3 is 5.32 Å². The summed E-state index contributed by atoms with van der Waals surface area (Å²) in [5.41, 5.74) is 0.922. The number of hydrogen-bond acceptors (Lipinski definition) is 7. The molecule has 0 spiro atoms. The second-order valence-electron chi connectivity index (χ2n) is 3.77. The number of thioether (sulfide) groups is 1. The van der Waals surface area contributed by atoms with E-state index in [0.717, 1.165) is 15.7 Å². The van der Waals surface area contributed by atoms with Crippen LogP contribution in [0.15, 0.2) is 17.4 Å². The highest BCUT2D eigenvalue weighted by atomic mass is 32.2. The van der Waals surface area contributed by atoms with Crippen LogP contribution in [0.3, 0.4) is 0 Å². The Bertz CT molecular complexity index is 572. The molecule has 0 unspecified atom stereocenters. The van der Waals surface area contributed by atoms with E-state index in [4.69, 9.17) is 0 Å². The SMILES string of the molecule is Cc1cc(SCCC(=O)Nc2nnc(C)s2)ncn1. The molecule has 0 bridgehead atoms. The molecule has 2 rings (SSSR count). The van der Waals surface area contributed by atoms with Crippen molar-refractivity contribution >= 4 is 34.1 Å². The van der Waals surface area contributed by atoms with Crippen molar-refractivity contribution in [1.82, 2.24) is 20.2 Å². The summed E-state index contributed by atoms with van der Waals surface area (Å²) in [5, 5.41) is 12.7. The predicted octanol–water partition coefficient (Wildman–Crippen LogP) is 2.07. The van der Waals surface area contributed by atoms with Crippen LogP contribution >= 0.6 is 23.1 Å². The van der Waals surface area contributed by atoms with Crippen LogP contribution in [0, 0.1) is 13.8 Å². The van der Waals surface area contributed by atoms with E-state index in [-0.39, 0.29) is 5.91 Å².